The van der Waals surface area contributed by atoms with Crippen LogP contribution in [0.3, 0.4) is 0 Å². The molecule has 7 nitrogen and oxygen atoms in total. The number of carbonyl (C=O) groups excluding carboxylic acids is 1. The number of nitrogens with two attached hydrogens (primary N) is 1. The van der Waals surface area contributed by atoms with Gasteiger partial charge in [0.1, 0.15) is 12.4 Å². The number of aromatic nitrogens is 1. The van der Waals surface area contributed by atoms with Gasteiger partial charge in [0.25, 0.3) is 11.9 Å². The number of amidine groups is 1. The average molecular weight is 328 g/mol. The van der Waals surface area contributed by atoms with E-state index in [0.717, 1.165) is 18.5 Å². The van der Waals surface area contributed by atoms with Crippen LogP contribution in [-0.4, -0.2) is 29.6 Å². The largest absolute Gasteiger partial charge is 0.463 e. The first-order valence-electron chi connectivity index (χ1n) is 7.81. The molecule has 0 bridgehead atoms. The maximum absolute atomic E-state index is 12.2. The second-order valence-corrected chi connectivity index (χ2v) is 5.76. The van der Waals surface area contributed by atoms with Gasteiger partial charge in [0.05, 0.1) is 6.04 Å². The van der Waals surface area contributed by atoms with E-state index >= 15 is 0 Å². The quantitative estimate of drug-likeness (QED) is 0.876. The maximum atomic E-state index is 12.2. The number of aliphatic imine (C=N–C) groups is 1. The molecule has 126 valence electrons. The Morgan fingerprint density at radius 1 is 1.33 bits per heavy atom. The summed E-state index contributed by atoms with van der Waals surface area (Å²) in [6.45, 7) is 3.99. The minimum atomic E-state index is -0.273. The highest BCUT2D eigenvalue weighted by Crippen LogP contribution is 2.16. The highest BCUT2D eigenvalue weighted by atomic mass is 16.5. The van der Waals surface area contributed by atoms with E-state index in [9.17, 15) is 4.79 Å². The van der Waals surface area contributed by atoms with Crippen molar-refractivity contribution >= 4 is 17.6 Å². The Labute approximate surface area is 139 Å². The summed E-state index contributed by atoms with van der Waals surface area (Å²) in [5.74, 6) is 0.720. The van der Waals surface area contributed by atoms with Gasteiger partial charge in [-0.25, -0.2) is 9.98 Å². The number of carbonyl (C=O) groups is 1. The average Bonchev–Trinajstić information content (AvgIpc) is 3.11. The van der Waals surface area contributed by atoms with Gasteiger partial charge in [0, 0.05) is 12.6 Å². The lowest BCUT2D eigenvalue weighted by Crippen LogP contribution is -2.13. The number of rotatable bonds is 5. The van der Waals surface area contributed by atoms with Crippen molar-refractivity contribution in [1.29, 1.82) is 0 Å². The molecule has 0 unspecified atom stereocenters. The molecule has 24 heavy (non-hydrogen) atoms. The third-order valence-electron chi connectivity index (χ3n) is 3.83. The normalized spacial score (nSPS) is 16.6. The second kappa shape index (κ2) is 6.74. The van der Waals surface area contributed by atoms with E-state index in [1.165, 1.54) is 5.56 Å². The van der Waals surface area contributed by atoms with Gasteiger partial charge >= 0.3 is 0 Å². The molecule has 1 aromatic heterocycles. The van der Waals surface area contributed by atoms with Gasteiger partial charge in [-0.15, -0.1) is 0 Å². The van der Waals surface area contributed by atoms with Crippen LogP contribution in [0.5, 0.6) is 0 Å². The van der Waals surface area contributed by atoms with Crippen LogP contribution < -0.4 is 11.1 Å². The van der Waals surface area contributed by atoms with Crippen LogP contribution in [-0.2, 0) is 11.2 Å². The summed E-state index contributed by atoms with van der Waals surface area (Å²) in [6.07, 6.45) is 1.75. The minimum Gasteiger partial charge on any atom is -0.463 e. The van der Waals surface area contributed by atoms with Crippen molar-refractivity contribution < 1.29 is 13.9 Å². The molecule has 1 aliphatic rings. The predicted molar refractivity (Wildman–Crippen MR) is 90.1 cm³/mol. The molecular formula is C17H20N4O3. The highest BCUT2D eigenvalue weighted by Gasteiger charge is 2.17. The lowest BCUT2D eigenvalue weighted by atomic mass is 10.1. The molecule has 1 aromatic carbocycles. The van der Waals surface area contributed by atoms with Crippen LogP contribution in [0.4, 0.5) is 5.69 Å². The van der Waals surface area contributed by atoms with Crippen molar-refractivity contribution in [2.45, 2.75) is 32.7 Å². The highest BCUT2D eigenvalue weighted by molar-refractivity contribution is 6.03. The smallest absolute Gasteiger partial charge is 0.282 e. The van der Waals surface area contributed by atoms with Crippen LogP contribution in [0.15, 0.2) is 33.7 Å². The standard InChI is InChI=1S/C17H20N4O3/c1-10-15(19-11(2)24-10)16(22)20-13-6-3-12(4-7-13)5-8-14-9-23-17(18)21-14/h3-4,6-7,14H,5,8-9H2,1-2H3,(H2,18,21)(H,20,22)/t14-/m0/s1. The summed E-state index contributed by atoms with van der Waals surface area (Å²) < 4.78 is 10.4. The number of amides is 1. The molecule has 1 atom stereocenters. The van der Waals surface area contributed by atoms with Gasteiger partial charge in [0.15, 0.2) is 11.6 Å². The second-order valence-electron chi connectivity index (χ2n) is 5.76. The molecule has 3 rings (SSSR count). The molecule has 1 amide bonds. The summed E-state index contributed by atoms with van der Waals surface area (Å²) in [5.41, 5.74) is 7.70. The zero-order valence-electron chi connectivity index (χ0n) is 13.7. The van der Waals surface area contributed by atoms with Crippen molar-refractivity contribution in [3.63, 3.8) is 0 Å². The maximum Gasteiger partial charge on any atom is 0.282 e. The number of benzene rings is 1. The number of aryl methyl sites for hydroxylation is 3. The topological polar surface area (TPSA) is 103 Å². The third kappa shape index (κ3) is 3.73. The Hall–Kier alpha value is -2.83. The fourth-order valence-electron chi connectivity index (χ4n) is 2.60. The molecule has 0 fully saturated rings. The molecule has 0 saturated heterocycles. The summed E-state index contributed by atoms with van der Waals surface area (Å²) in [7, 11) is 0. The zero-order valence-corrected chi connectivity index (χ0v) is 13.7. The molecule has 0 aliphatic carbocycles. The Balaban J connectivity index is 1.56. The Morgan fingerprint density at radius 2 is 2.08 bits per heavy atom. The SMILES string of the molecule is Cc1nc(C(=O)Nc2ccc(CC[C@H]3COC(N)=N3)cc2)c(C)o1. The monoisotopic (exact) mass is 328 g/mol. The Bertz CT molecular complexity index is 765. The van der Waals surface area contributed by atoms with E-state index in [2.05, 4.69) is 15.3 Å². The number of anilines is 1. The van der Waals surface area contributed by atoms with Gasteiger partial charge in [-0.3, -0.25) is 4.79 Å². The number of nitrogens with one attached hydrogen (secondary N) is 1. The van der Waals surface area contributed by atoms with E-state index in [1.54, 1.807) is 13.8 Å². The van der Waals surface area contributed by atoms with Crippen molar-refractivity contribution in [2.24, 2.45) is 10.7 Å². The molecule has 2 heterocycles. The number of nitrogens with zero attached hydrogens (tertiary/aromatic N) is 2. The first-order valence-corrected chi connectivity index (χ1v) is 7.81. The number of ether oxygens (including phenoxy) is 1. The lowest BCUT2D eigenvalue weighted by molar-refractivity contribution is 0.102. The van der Waals surface area contributed by atoms with Gasteiger partial charge < -0.3 is 20.2 Å². The lowest BCUT2D eigenvalue weighted by Gasteiger charge is -2.07. The van der Waals surface area contributed by atoms with Crippen molar-refractivity contribution in [1.82, 2.24) is 4.98 Å². The van der Waals surface area contributed by atoms with E-state index in [1.807, 2.05) is 24.3 Å². The van der Waals surface area contributed by atoms with E-state index in [-0.39, 0.29) is 18.0 Å². The van der Waals surface area contributed by atoms with Crippen molar-refractivity contribution in [3.8, 4) is 0 Å². The van der Waals surface area contributed by atoms with E-state index in [4.69, 9.17) is 14.9 Å². The van der Waals surface area contributed by atoms with Crippen molar-refractivity contribution in [3.05, 3.63) is 47.2 Å². The molecular weight excluding hydrogens is 308 g/mol. The van der Waals surface area contributed by atoms with Gasteiger partial charge in [0.2, 0.25) is 0 Å². The Morgan fingerprint density at radius 3 is 2.67 bits per heavy atom. The van der Waals surface area contributed by atoms with Crippen LogP contribution in [0.1, 0.15) is 34.1 Å². The molecule has 0 radical (unpaired) electrons. The first kappa shape index (κ1) is 16.0. The summed E-state index contributed by atoms with van der Waals surface area (Å²) in [6, 6.07) is 8.12. The van der Waals surface area contributed by atoms with Crippen LogP contribution in [0, 0.1) is 13.8 Å². The van der Waals surface area contributed by atoms with Gasteiger partial charge in [-0.2, -0.15) is 0 Å². The van der Waals surface area contributed by atoms with Crippen molar-refractivity contribution in [2.75, 3.05) is 11.9 Å². The fourth-order valence-corrected chi connectivity index (χ4v) is 2.60. The van der Waals surface area contributed by atoms with Crippen LogP contribution in [0.2, 0.25) is 0 Å². The third-order valence-corrected chi connectivity index (χ3v) is 3.83. The molecule has 2 aromatic rings. The minimum absolute atomic E-state index is 0.128. The predicted octanol–water partition coefficient (Wildman–Crippen LogP) is 2.19. The van der Waals surface area contributed by atoms with E-state index < -0.39 is 0 Å². The first-order chi connectivity index (χ1) is 11.5. The van der Waals surface area contributed by atoms with Crippen LogP contribution in [0.25, 0.3) is 0 Å². The number of hydrogen-bond acceptors (Lipinski definition) is 6. The zero-order chi connectivity index (χ0) is 17.1. The molecule has 1 aliphatic heterocycles. The molecule has 3 N–H and O–H groups in total. The molecule has 0 spiro atoms. The van der Waals surface area contributed by atoms with Gasteiger partial charge in [-0.1, -0.05) is 12.1 Å². The van der Waals surface area contributed by atoms with Crippen LogP contribution >= 0.6 is 0 Å². The molecule has 0 saturated carbocycles. The summed E-state index contributed by atoms with van der Waals surface area (Å²) >= 11 is 0. The number of oxazole rings is 1. The fraction of sp³-hybridized carbons (Fsp3) is 0.353. The summed E-state index contributed by atoms with van der Waals surface area (Å²) in [4.78, 5) is 20.5. The van der Waals surface area contributed by atoms with Gasteiger partial charge in [-0.05, 0) is 37.5 Å². The summed E-state index contributed by atoms with van der Waals surface area (Å²) in [5, 5.41) is 2.82. The Kier molecular flexibility index (Phi) is 4.50. The molecule has 7 heteroatoms. The number of hydrogen-bond donors (Lipinski definition) is 2. The van der Waals surface area contributed by atoms with E-state index in [0.29, 0.717) is 24.0 Å².